The maximum Gasteiger partial charge on any atom is 0.251 e. The van der Waals surface area contributed by atoms with Gasteiger partial charge in [0, 0.05) is 28.4 Å². The Morgan fingerprint density at radius 2 is 1.82 bits per heavy atom. The Kier molecular flexibility index (Phi) is 11.8. The lowest BCUT2D eigenvalue weighted by Gasteiger charge is -2.11. The van der Waals surface area contributed by atoms with Crippen molar-refractivity contribution in [2.45, 2.75) is 46.7 Å². The summed E-state index contributed by atoms with van der Waals surface area (Å²) in [5, 5.41) is 9.56. The van der Waals surface area contributed by atoms with Crippen molar-refractivity contribution in [2.24, 2.45) is 4.99 Å². The van der Waals surface area contributed by atoms with Gasteiger partial charge in [-0.2, -0.15) is 0 Å². The van der Waals surface area contributed by atoms with Crippen LogP contribution in [-0.4, -0.2) is 25.0 Å². The fourth-order valence-corrected chi connectivity index (χ4v) is 3.44. The molecule has 1 aromatic heterocycles. The highest BCUT2D eigenvalue weighted by Crippen LogP contribution is 2.16. The second-order valence-electron chi connectivity index (χ2n) is 6.23. The molecule has 3 N–H and O–H groups in total. The molecule has 2 rings (SSSR count). The highest BCUT2D eigenvalue weighted by atomic mass is 127. The molecule has 0 radical (unpaired) electrons. The third kappa shape index (κ3) is 8.18. The van der Waals surface area contributed by atoms with Gasteiger partial charge in [-0.05, 0) is 49.6 Å². The molecule has 1 aromatic carbocycles. The summed E-state index contributed by atoms with van der Waals surface area (Å²) in [5.41, 5.74) is 1.69. The number of nitrogens with one attached hydrogen (secondary N) is 3. The molecule has 5 nitrogen and oxygen atoms in total. The molecular formula is C21H31IN4OS. The number of hydrogen-bond donors (Lipinski definition) is 3. The standard InChI is InChI=1S/C21H30N4OS.HI/c1-4-12-23-20(26)17-9-7-8-16(13-17)14-24-21(22-6-3)25-15-19-11-10-18(5-2)27-19;/h7-11,13H,4-6,12,14-15H2,1-3H3,(H,23,26)(H2,22,24,25);1H. The number of benzene rings is 1. The number of thiophene rings is 1. The Morgan fingerprint density at radius 1 is 1.04 bits per heavy atom. The minimum atomic E-state index is -0.0304. The molecular weight excluding hydrogens is 483 g/mol. The summed E-state index contributed by atoms with van der Waals surface area (Å²) in [4.78, 5) is 19.5. The van der Waals surface area contributed by atoms with E-state index in [0.29, 0.717) is 18.7 Å². The van der Waals surface area contributed by atoms with Crippen molar-refractivity contribution in [1.29, 1.82) is 0 Å². The van der Waals surface area contributed by atoms with Crippen LogP contribution >= 0.6 is 35.3 Å². The molecule has 0 saturated carbocycles. The zero-order valence-corrected chi connectivity index (χ0v) is 20.0. The molecule has 0 fully saturated rings. The molecule has 154 valence electrons. The maximum atomic E-state index is 12.1. The van der Waals surface area contributed by atoms with E-state index in [-0.39, 0.29) is 29.9 Å². The molecule has 1 heterocycles. The van der Waals surface area contributed by atoms with Crippen molar-refractivity contribution in [1.82, 2.24) is 16.0 Å². The minimum absolute atomic E-state index is 0. The van der Waals surface area contributed by atoms with Gasteiger partial charge in [-0.3, -0.25) is 4.79 Å². The molecule has 7 heteroatoms. The van der Waals surface area contributed by atoms with Crippen LogP contribution in [0.4, 0.5) is 0 Å². The first-order chi connectivity index (χ1) is 13.2. The summed E-state index contributed by atoms with van der Waals surface area (Å²) in [6.45, 7) is 9.04. The van der Waals surface area contributed by atoms with Crippen LogP contribution in [0.3, 0.4) is 0 Å². The molecule has 0 unspecified atom stereocenters. The van der Waals surface area contributed by atoms with E-state index >= 15 is 0 Å². The van der Waals surface area contributed by atoms with Crippen molar-refractivity contribution in [3.8, 4) is 0 Å². The van der Waals surface area contributed by atoms with Crippen LogP contribution in [0.2, 0.25) is 0 Å². The van der Waals surface area contributed by atoms with Gasteiger partial charge in [-0.15, -0.1) is 35.3 Å². The van der Waals surface area contributed by atoms with Gasteiger partial charge in [0.05, 0.1) is 13.1 Å². The van der Waals surface area contributed by atoms with Crippen LogP contribution in [0.25, 0.3) is 0 Å². The third-order valence-corrected chi connectivity index (χ3v) is 5.21. The fourth-order valence-electron chi connectivity index (χ4n) is 2.54. The SMILES string of the molecule is CCCNC(=O)c1cccc(CN=C(NCC)NCc2ccc(CC)s2)c1.I. The van der Waals surface area contributed by atoms with E-state index in [1.807, 2.05) is 42.5 Å². The van der Waals surface area contributed by atoms with Crippen molar-refractivity contribution < 1.29 is 4.79 Å². The van der Waals surface area contributed by atoms with Gasteiger partial charge in [-0.25, -0.2) is 4.99 Å². The summed E-state index contributed by atoms with van der Waals surface area (Å²) in [6.07, 6.45) is 2.00. The Bertz CT molecular complexity index is 760. The molecule has 0 spiro atoms. The minimum Gasteiger partial charge on any atom is -0.357 e. The predicted octanol–water partition coefficient (Wildman–Crippen LogP) is 4.32. The number of guanidine groups is 1. The number of nitrogens with zero attached hydrogens (tertiary/aromatic N) is 1. The molecule has 0 bridgehead atoms. The van der Waals surface area contributed by atoms with Gasteiger partial charge >= 0.3 is 0 Å². The van der Waals surface area contributed by atoms with Gasteiger partial charge in [-0.1, -0.05) is 26.0 Å². The van der Waals surface area contributed by atoms with E-state index in [4.69, 9.17) is 0 Å². The number of rotatable bonds is 9. The molecule has 0 saturated heterocycles. The molecule has 28 heavy (non-hydrogen) atoms. The van der Waals surface area contributed by atoms with Crippen molar-refractivity contribution in [2.75, 3.05) is 13.1 Å². The van der Waals surface area contributed by atoms with Gasteiger partial charge in [0.15, 0.2) is 5.96 Å². The van der Waals surface area contributed by atoms with E-state index in [1.54, 1.807) is 0 Å². The largest absolute Gasteiger partial charge is 0.357 e. The molecule has 2 aromatic rings. The number of carbonyl (C=O) groups is 1. The topological polar surface area (TPSA) is 65.5 Å². The van der Waals surface area contributed by atoms with E-state index in [2.05, 4.69) is 46.9 Å². The first-order valence-electron chi connectivity index (χ1n) is 9.63. The Balaban J connectivity index is 0.00000392. The third-order valence-electron chi connectivity index (χ3n) is 3.98. The zero-order valence-electron chi connectivity index (χ0n) is 16.9. The number of aryl methyl sites for hydroxylation is 1. The van der Waals surface area contributed by atoms with E-state index in [9.17, 15) is 4.79 Å². The van der Waals surface area contributed by atoms with Gasteiger partial charge in [0.2, 0.25) is 0 Å². The van der Waals surface area contributed by atoms with E-state index in [0.717, 1.165) is 37.5 Å². The van der Waals surface area contributed by atoms with Crippen molar-refractivity contribution >= 4 is 47.2 Å². The van der Waals surface area contributed by atoms with Crippen LogP contribution < -0.4 is 16.0 Å². The fraction of sp³-hybridized carbons (Fsp3) is 0.429. The highest BCUT2D eigenvalue weighted by Gasteiger charge is 2.06. The lowest BCUT2D eigenvalue weighted by molar-refractivity contribution is 0.0953. The summed E-state index contributed by atoms with van der Waals surface area (Å²) >= 11 is 1.83. The van der Waals surface area contributed by atoms with Crippen LogP contribution in [0.1, 0.15) is 52.9 Å². The van der Waals surface area contributed by atoms with Crippen LogP contribution in [0, 0.1) is 0 Å². The summed E-state index contributed by atoms with van der Waals surface area (Å²) in [5.74, 6) is 0.752. The molecule has 0 aliphatic rings. The van der Waals surface area contributed by atoms with E-state index in [1.165, 1.54) is 9.75 Å². The van der Waals surface area contributed by atoms with Crippen LogP contribution in [0.15, 0.2) is 41.4 Å². The summed E-state index contributed by atoms with van der Waals surface area (Å²) < 4.78 is 0. The smallest absolute Gasteiger partial charge is 0.251 e. The number of aliphatic imine (C=N–C) groups is 1. The highest BCUT2D eigenvalue weighted by molar-refractivity contribution is 14.0. The number of carbonyl (C=O) groups excluding carboxylic acids is 1. The number of amides is 1. The Hall–Kier alpha value is -1.61. The van der Waals surface area contributed by atoms with Crippen LogP contribution in [-0.2, 0) is 19.5 Å². The average Bonchev–Trinajstić information content (AvgIpc) is 3.16. The summed E-state index contributed by atoms with van der Waals surface area (Å²) in [6, 6.07) is 12.0. The lowest BCUT2D eigenvalue weighted by Crippen LogP contribution is -2.36. The number of hydrogen-bond acceptors (Lipinski definition) is 3. The lowest BCUT2D eigenvalue weighted by atomic mass is 10.1. The molecule has 0 aliphatic carbocycles. The van der Waals surface area contributed by atoms with Crippen LogP contribution in [0.5, 0.6) is 0 Å². The maximum absolute atomic E-state index is 12.1. The first kappa shape index (κ1) is 24.4. The first-order valence-corrected chi connectivity index (χ1v) is 10.4. The van der Waals surface area contributed by atoms with Crippen molar-refractivity contribution in [3.63, 3.8) is 0 Å². The normalized spacial score (nSPS) is 10.9. The number of halogens is 1. The Morgan fingerprint density at radius 3 is 2.50 bits per heavy atom. The van der Waals surface area contributed by atoms with Gasteiger partial charge in [0.1, 0.15) is 0 Å². The van der Waals surface area contributed by atoms with Crippen molar-refractivity contribution in [3.05, 3.63) is 57.3 Å². The molecule has 0 aliphatic heterocycles. The second kappa shape index (κ2) is 13.5. The average molecular weight is 514 g/mol. The molecule has 1 amide bonds. The molecule has 0 atom stereocenters. The monoisotopic (exact) mass is 514 g/mol. The Labute approximate surface area is 189 Å². The van der Waals surface area contributed by atoms with E-state index < -0.39 is 0 Å². The second-order valence-corrected chi connectivity index (χ2v) is 7.48. The summed E-state index contributed by atoms with van der Waals surface area (Å²) in [7, 11) is 0. The quantitative estimate of drug-likeness (QED) is 0.265. The predicted molar refractivity (Wildman–Crippen MR) is 130 cm³/mol. The van der Waals surface area contributed by atoms with Gasteiger partial charge < -0.3 is 16.0 Å². The van der Waals surface area contributed by atoms with Gasteiger partial charge in [0.25, 0.3) is 5.91 Å². The zero-order chi connectivity index (χ0) is 19.5.